The Labute approximate surface area is 55.2 Å². The van der Waals surface area contributed by atoms with Crippen LogP contribution in [0.15, 0.2) is 0 Å². The lowest BCUT2D eigenvalue weighted by Gasteiger charge is -2.29. The molecule has 0 aromatic rings. The van der Waals surface area contributed by atoms with Crippen molar-refractivity contribution in [3.05, 3.63) is 0 Å². The summed E-state index contributed by atoms with van der Waals surface area (Å²) >= 11 is 1.99. The molecule has 0 aliphatic carbocycles. The molecule has 0 aromatic heterocycles. The molecule has 1 rings (SSSR count). The molecule has 0 amide bonds. The molecule has 1 N–H and O–H groups in total. The van der Waals surface area contributed by atoms with E-state index >= 15 is 0 Å². The lowest BCUT2D eigenvalue weighted by Crippen LogP contribution is -2.36. The molecule has 1 heterocycles. The second kappa shape index (κ2) is 2.28. The largest absolute Gasteiger partial charge is 0.307 e. The van der Waals surface area contributed by atoms with Gasteiger partial charge in [-0.3, -0.25) is 0 Å². The van der Waals surface area contributed by atoms with E-state index < -0.39 is 0 Å². The topological polar surface area (TPSA) is 12.0 Å². The van der Waals surface area contributed by atoms with E-state index in [0.717, 1.165) is 5.88 Å². The molecule has 0 saturated carbocycles. The van der Waals surface area contributed by atoms with Crippen molar-refractivity contribution in [1.29, 1.82) is 0 Å². The standard InChI is InChI=1S/C6H13NS/c1-6(2)3-7-5-8-4-6/h7H,3-5H2,1-2H3. The van der Waals surface area contributed by atoms with Crippen LogP contribution in [-0.4, -0.2) is 18.2 Å². The molecule has 0 bridgehead atoms. The molecule has 1 aliphatic heterocycles. The Morgan fingerprint density at radius 3 is 2.50 bits per heavy atom. The third kappa shape index (κ3) is 1.67. The monoisotopic (exact) mass is 131 g/mol. The van der Waals surface area contributed by atoms with Crippen LogP contribution in [0.5, 0.6) is 0 Å². The van der Waals surface area contributed by atoms with Crippen LogP contribution in [0.4, 0.5) is 0 Å². The first kappa shape index (κ1) is 6.43. The molecule has 8 heavy (non-hydrogen) atoms. The second-order valence-electron chi connectivity index (χ2n) is 3.08. The summed E-state index contributed by atoms with van der Waals surface area (Å²) in [4.78, 5) is 0. The highest BCUT2D eigenvalue weighted by molar-refractivity contribution is 7.99. The third-order valence-corrected chi connectivity index (χ3v) is 2.69. The fraction of sp³-hybridized carbons (Fsp3) is 1.00. The second-order valence-corrected chi connectivity index (χ2v) is 4.07. The van der Waals surface area contributed by atoms with E-state index in [1.54, 1.807) is 0 Å². The van der Waals surface area contributed by atoms with Gasteiger partial charge in [-0.05, 0) is 5.41 Å². The fourth-order valence-corrected chi connectivity index (χ4v) is 1.84. The minimum Gasteiger partial charge on any atom is -0.307 e. The van der Waals surface area contributed by atoms with Gasteiger partial charge in [0.05, 0.1) is 0 Å². The Kier molecular flexibility index (Phi) is 1.83. The van der Waals surface area contributed by atoms with Crippen molar-refractivity contribution in [1.82, 2.24) is 5.32 Å². The number of hydrogen-bond donors (Lipinski definition) is 1. The molecule has 0 spiro atoms. The summed E-state index contributed by atoms with van der Waals surface area (Å²) in [5, 5.41) is 3.34. The lowest BCUT2D eigenvalue weighted by molar-refractivity contribution is 0.390. The number of rotatable bonds is 0. The molecule has 1 aliphatic rings. The van der Waals surface area contributed by atoms with Crippen LogP contribution < -0.4 is 5.32 Å². The van der Waals surface area contributed by atoms with E-state index in [1.807, 2.05) is 11.8 Å². The molecule has 0 atom stereocenters. The van der Waals surface area contributed by atoms with Crippen molar-refractivity contribution >= 4 is 11.8 Å². The van der Waals surface area contributed by atoms with Crippen molar-refractivity contribution in [2.24, 2.45) is 5.41 Å². The molecule has 0 aromatic carbocycles. The highest BCUT2D eigenvalue weighted by atomic mass is 32.2. The van der Waals surface area contributed by atoms with Crippen molar-refractivity contribution < 1.29 is 0 Å². The maximum absolute atomic E-state index is 3.34. The van der Waals surface area contributed by atoms with Gasteiger partial charge in [0.15, 0.2) is 0 Å². The highest BCUT2D eigenvalue weighted by Crippen LogP contribution is 2.23. The van der Waals surface area contributed by atoms with Gasteiger partial charge in [-0.15, -0.1) is 11.8 Å². The maximum atomic E-state index is 3.34. The van der Waals surface area contributed by atoms with Gasteiger partial charge in [0, 0.05) is 18.2 Å². The number of thioether (sulfide) groups is 1. The Hall–Kier alpha value is 0.310. The Bertz CT molecular complexity index is 72.6. The molecular weight excluding hydrogens is 118 g/mol. The van der Waals surface area contributed by atoms with E-state index in [9.17, 15) is 0 Å². The molecule has 1 fully saturated rings. The Morgan fingerprint density at radius 1 is 1.50 bits per heavy atom. The van der Waals surface area contributed by atoms with Crippen molar-refractivity contribution in [2.75, 3.05) is 18.2 Å². The highest BCUT2D eigenvalue weighted by Gasteiger charge is 2.20. The summed E-state index contributed by atoms with van der Waals surface area (Å²) < 4.78 is 0. The predicted molar refractivity (Wildman–Crippen MR) is 39.1 cm³/mol. The summed E-state index contributed by atoms with van der Waals surface area (Å²) in [6.07, 6.45) is 0. The van der Waals surface area contributed by atoms with Gasteiger partial charge in [0.2, 0.25) is 0 Å². The molecule has 48 valence electrons. The van der Waals surface area contributed by atoms with E-state index in [1.165, 1.54) is 12.3 Å². The summed E-state index contributed by atoms with van der Waals surface area (Å²) in [5.74, 6) is 2.45. The zero-order valence-electron chi connectivity index (χ0n) is 5.53. The summed E-state index contributed by atoms with van der Waals surface area (Å²) in [6.45, 7) is 5.78. The van der Waals surface area contributed by atoms with Gasteiger partial charge in [-0.2, -0.15) is 0 Å². The Morgan fingerprint density at radius 2 is 2.25 bits per heavy atom. The zero-order chi connectivity index (χ0) is 6.04. The predicted octanol–water partition coefficient (Wildman–Crippen LogP) is 1.31. The van der Waals surface area contributed by atoms with Crippen LogP contribution in [0, 0.1) is 5.41 Å². The smallest absolute Gasteiger partial charge is 0.0418 e. The van der Waals surface area contributed by atoms with Crippen LogP contribution in [0.1, 0.15) is 13.8 Å². The van der Waals surface area contributed by atoms with Crippen LogP contribution >= 0.6 is 11.8 Å². The van der Waals surface area contributed by atoms with Gasteiger partial charge in [0.1, 0.15) is 0 Å². The quantitative estimate of drug-likeness (QED) is 0.532. The van der Waals surface area contributed by atoms with Crippen molar-refractivity contribution in [2.45, 2.75) is 13.8 Å². The van der Waals surface area contributed by atoms with Gasteiger partial charge in [0.25, 0.3) is 0 Å². The van der Waals surface area contributed by atoms with Crippen LogP contribution in [-0.2, 0) is 0 Å². The van der Waals surface area contributed by atoms with Crippen LogP contribution in [0.25, 0.3) is 0 Å². The number of hydrogen-bond acceptors (Lipinski definition) is 2. The van der Waals surface area contributed by atoms with E-state index in [4.69, 9.17) is 0 Å². The van der Waals surface area contributed by atoms with Crippen LogP contribution in [0.2, 0.25) is 0 Å². The summed E-state index contributed by atoms with van der Waals surface area (Å²) in [7, 11) is 0. The van der Waals surface area contributed by atoms with Crippen molar-refractivity contribution in [3.63, 3.8) is 0 Å². The Balaban J connectivity index is 2.33. The average Bonchev–Trinajstić information content (AvgIpc) is 1.65. The van der Waals surface area contributed by atoms with E-state index in [0.29, 0.717) is 5.41 Å². The molecule has 1 nitrogen and oxygen atoms in total. The summed E-state index contributed by atoms with van der Waals surface area (Å²) in [6, 6.07) is 0. The normalized spacial score (nSPS) is 27.8. The van der Waals surface area contributed by atoms with E-state index in [2.05, 4.69) is 19.2 Å². The molecule has 2 heteroatoms. The first-order valence-electron chi connectivity index (χ1n) is 2.99. The van der Waals surface area contributed by atoms with E-state index in [-0.39, 0.29) is 0 Å². The zero-order valence-corrected chi connectivity index (χ0v) is 6.35. The molecule has 1 saturated heterocycles. The van der Waals surface area contributed by atoms with Gasteiger partial charge < -0.3 is 5.32 Å². The SMILES string of the molecule is CC1(C)CNCSC1. The van der Waals surface area contributed by atoms with Crippen LogP contribution in [0.3, 0.4) is 0 Å². The third-order valence-electron chi connectivity index (χ3n) is 1.30. The van der Waals surface area contributed by atoms with Gasteiger partial charge in [-0.25, -0.2) is 0 Å². The van der Waals surface area contributed by atoms with Gasteiger partial charge >= 0.3 is 0 Å². The first-order chi connectivity index (χ1) is 3.71. The maximum Gasteiger partial charge on any atom is 0.0418 e. The first-order valence-corrected chi connectivity index (χ1v) is 4.15. The fourth-order valence-electron chi connectivity index (χ4n) is 0.840. The molecule has 0 radical (unpaired) electrons. The minimum atomic E-state index is 0.531. The minimum absolute atomic E-state index is 0.531. The van der Waals surface area contributed by atoms with Gasteiger partial charge in [-0.1, -0.05) is 13.8 Å². The molecular formula is C6H13NS. The average molecular weight is 131 g/mol. The van der Waals surface area contributed by atoms with Crippen molar-refractivity contribution in [3.8, 4) is 0 Å². The number of nitrogens with one attached hydrogen (secondary N) is 1. The summed E-state index contributed by atoms with van der Waals surface area (Å²) in [5.41, 5.74) is 0.531. The molecule has 0 unspecified atom stereocenters. The lowest BCUT2D eigenvalue weighted by atomic mass is 9.97.